The lowest BCUT2D eigenvalue weighted by Crippen LogP contribution is -2.35. The molecular weight excluding hydrogens is 210 g/mol. The third-order valence-corrected chi connectivity index (χ3v) is 2.49. The number of thioether (sulfide) groups is 1. The van der Waals surface area contributed by atoms with Gasteiger partial charge in [0.05, 0.1) is 6.54 Å². The van der Waals surface area contributed by atoms with Gasteiger partial charge in [0.1, 0.15) is 0 Å². The summed E-state index contributed by atoms with van der Waals surface area (Å²) >= 11 is 1.56. The van der Waals surface area contributed by atoms with Crippen LogP contribution in [0.4, 0.5) is 4.79 Å². The van der Waals surface area contributed by atoms with E-state index < -0.39 is 0 Å². The Balaban J connectivity index is 2.27. The lowest BCUT2D eigenvalue weighted by molar-refractivity contribution is 0.248. The van der Waals surface area contributed by atoms with Crippen LogP contribution < -0.4 is 10.6 Å². The molecule has 0 unspecified atom stereocenters. The van der Waals surface area contributed by atoms with Crippen molar-refractivity contribution in [2.24, 2.45) is 10.4 Å². The summed E-state index contributed by atoms with van der Waals surface area (Å²) in [5.41, 5.74) is 0.0763. The molecule has 0 saturated carbocycles. The maximum Gasteiger partial charge on any atom is 0.324 e. The van der Waals surface area contributed by atoms with Gasteiger partial charge in [-0.25, -0.2) is 4.79 Å². The van der Waals surface area contributed by atoms with Gasteiger partial charge in [0, 0.05) is 12.0 Å². The predicted molar refractivity (Wildman–Crippen MR) is 65.0 cm³/mol. The number of nitrogens with one attached hydrogen (secondary N) is 2. The van der Waals surface area contributed by atoms with Crippen LogP contribution in [0, 0.1) is 5.41 Å². The third kappa shape index (κ3) is 5.47. The highest BCUT2D eigenvalue weighted by molar-refractivity contribution is 8.14. The van der Waals surface area contributed by atoms with Crippen molar-refractivity contribution in [1.29, 1.82) is 0 Å². The average molecular weight is 227 g/mol. The van der Waals surface area contributed by atoms with E-state index in [9.17, 15) is 4.79 Å². The Hall–Kier alpha value is -0.970. The van der Waals surface area contributed by atoms with Crippen LogP contribution in [0.25, 0.3) is 0 Å². The van der Waals surface area contributed by atoms with Crippen LogP contribution in [-0.2, 0) is 0 Å². The minimum Gasteiger partial charge on any atom is -0.315 e. The fraction of sp³-hybridized carbons (Fsp3) is 0.600. The van der Waals surface area contributed by atoms with Crippen molar-refractivity contribution < 1.29 is 4.79 Å². The first kappa shape index (κ1) is 12.1. The van der Waals surface area contributed by atoms with Gasteiger partial charge in [-0.05, 0) is 5.41 Å². The average Bonchev–Trinajstić information content (AvgIpc) is 2.54. The summed E-state index contributed by atoms with van der Waals surface area (Å²) in [5.74, 6) is 0.952. The Kier molecular flexibility index (Phi) is 4.20. The largest absolute Gasteiger partial charge is 0.324 e. The smallest absolute Gasteiger partial charge is 0.315 e. The van der Waals surface area contributed by atoms with E-state index in [1.807, 2.05) is 6.08 Å². The van der Waals surface area contributed by atoms with Gasteiger partial charge in [-0.3, -0.25) is 10.3 Å². The monoisotopic (exact) mass is 227 g/mol. The highest BCUT2D eigenvalue weighted by atomic mass is 32.2. The van der Waals surface area contributed by atoms with E-state index in [1.54, 1.807) is 18.0 Å². The van der Waals surface area contributed by atoms with E-state index in [0.29, 0.717) is 5.17 Å². The summed E-state index contributed by atoms with van der Waals surface area (Å²) < 4.78 is 0. The van der Waals surface area contributed by atoms with Crippen molar-refractivity contribution in [3.8, 4) is 0 Å². The topological polar surface area (TPSA) is 53.5 Å². The number of amidine groups is 1. The Bertz CT molecular complexity index is 292. The molecule has 0 atom stereocenters. The predicted octanol–water partition coefficient (Wildman–Crippen LogP) is 1.95. The van der Waals surface area contributed by atoms with E-state index in [-0.39, 0.29) is 11.4 Å². The number of amides is 2. The van der Waals surface area contributed by atoms with Gasteiger partial charge in [0.15, 0.2) is 5.17 Å². The van der Waals surface area contributed by atoms with Crippen LogP contribution in [0.5, 0.6) is 0 Å². The van der Waals surface area contributed by atoms with Crippen LogP contribution in [0.3, 0.4) is 0 Å². The van der Waals surface area contributed by atoms with Crippen LogP contribution in [0.1, 0.15) is 20.8 Å². The number of hydrogen-bond donors (Lipinski definition) is 2. The van der Waals surface area contributed by atoms with Crippen molar-refractivity contribution in [2.75, 3.05) is 12.3 Å². The molecule has 0 bridgehead atoms. The van der Waals surface area contributed by atoms with Crippen molar-refractivity contribution in [1.82, 2.24) is 10.6 Å². The molecule has 5 heteroatoms. The van der Waals surface area contributed by atoms with E-state index in [1.165, 1.54) is 0 Å². The SMILES string of the molecule is CC(C)(C)/C=C/NC(=O)NC1=NCCS1. The molecule has 84 valence electrons. The first-order valence-electron chi connectivity index (χ1n) is 4.90. The van der Waals surface area contributed by atoms with Gasteiger partial charge in [0.25, 0.3) is 0 Å². The number of allylic oxidation sites excluding steroid dienone is 1. The fourth-order valence-electron chi connectivity index (χ4n) is 0.911. The number of aliphatic imine (C=N–C) groups is 1. The van der Waals surface area contributed by atoms with Crippen molar-refractivity contribution in [2.45, 2.75) is 20.8 Å². The zero-order valence-corrected chi connectivity index (χ0v) is 10.1. The molecule has 0 aliphatic carbocycles. The molecule has 0 spiro atoms. The standard InChI is InChI=1S/C10H17N3OS/c1-10(2,3)4-5-11-8(14)13-9-12-6-7-15-9/h4-5H,6-7H2,1-3H3,(H2,11,12,13,14)/b5-4+. The van der Waals surface area contributed by atoms with E-state index in [4.69, 9.17) is 0 Å². The second-order valence-electron chi connectivity index (χ2n) is 4.33. The number of hydrogen-bond acceptors (Lipinski definition) is 3. The first-order chi connectivity index (χ1) is 6.97. The summed E-state index contributed by atoms with van der Waals surface area (Å²) in [5, 5.41) is 6.02. The molecular formula is C10H17N3OS. The normalized spacial score (nSPS) is 16.6. The van der Waals surface area contributed by atoms with Gasteiger partial charge in [-0.1, -0.05) is 38.6 Å². The van der Waals surface area contributed by atoms with Gasteiger partial charge in [-0.2, -0.15) is 0 Å². The lowest BCUT2D eigenvalue weighted by Gasteiger charge is -2.11. The van der Waals surface area contributed by atoms with Crippen LogP contribution in [0.2, 0.25) is 0 Å². The van der Waals surface area contributed by atoms with Crippen LogP contribution in [0.15, 0.2) is 17.3 Å². The molecule has 1 aliphatic heterocycles. The van der Waals surface area contributed by atoms with Crippen molar-refractivity contribution >= 4 is 23.0 Å². The maximum absolute atomic E-state index is 11.3. The number of carbonyl (C=O) groups excluding carboxylic acids is 1. The Morgan fingerprint density at radius 2 is 2.27 bits per heavy atom. The molecule has 15 heavy (non-hydrogen) atoms. The first-order valence-corrected chi connectivity index (χ1v) is 5.88. The molecule has 0 aromatic heterocycles. The number of carbonyl (C=O) groups is 1. The second kappa shape index (κ2) is 5.21. The Labute approximate surface area is 94.6 Å². The molecule has 2 amide bonds. The Morgan fingerprint density at radius 3 is 2.80 bits per heavy atom. The fourth-order valence-corrected chi connectivity index (χ4v) is 1.63. The highest BCUT2D eigenvalue weighted by Crippen LogP contribution is 2.13. The minimum absolute atomic E-state index is 0.0763. The second-order valence-corrected chi connectivity index (χ2v) is 5.42. The van der Waals surface area contributed by atoms with Gasteiger partial charge in [-0.15, -0.1) is 0 Å². The lowest BCUT2D eigenvalue weighted by atomic mass is 9.97. The quantitative estimate of drug-likeness (QED) is 0.719. The van der Waals surface area contributed by atoms with Gasteiger partial charge >= 0.3 is 6.03 Å². The zero-order valence-electron chi connectivity index (χ0n) is 9.33. The Morgan fingerprint density at radius 1 is 1.53 bits per heavy atom. The molecule has 0 fully saturated rings. The zero-order chi connectivity index (χ0) is 11.3. The number of rotatable bonds is 1. The van der Waals surface area contributed by atoms with Crippen molar-refractivity contribution in [3.05, 3.63) is 12.3 Å². The van der Waals surface area contributed by atoms with E-state index >= 15 is 0 Å². The maximum atomic E-state index is 11.3. The summed E-state index contributed by atoms with van der Waals surface area (Å²) in [4.78, 5) is 15.4. The number of urea groups is 1. The molecule has 1 heterocycles. The van der Waals surface area contributed by atoms with Crippen LogP contribution in [-0.4, -0.2) is 23.5 Å². The molecule has 4 nitrogen and oxygen atoms in total. The molecule has 1 rings (SSSR count). The number of nitrogens with zero attached hydrogens (tertiary/aromatic N) is 1. The van der Waals surface area contributed by atoms with Crippen molar-refractivity contribution in [3.63, 3.8) is 0 Å². The van der Waals surface area contributed by atoms with E-state index in [0.717, 1.165) is 12.3 Å². The molecule has 2 N–H and O–H groups in total. The molecule has 1 aliphatic rings. The van der Waals surface area contributed by atoms with Gasteiger partial charge < -0.3 is 5.32 Å². The third-order valence-electron chi connectivity index (χ3n) is 1.60. The van der Waals surface area contributed by atoms with Gasteiger partial charge in [0.2, 0.25) is 0 Å². The van der Waals surface area contributed by atoms with E-state index in [2.05, 4.69) is 36.4 Å². The molecule has 0 aromatic rings. The summed E-state index contributed by atoms with van der Waals surface area (Å²) in [6.07, 6.45) is 3.60. The molecule has 0 radical (unpaired) electrons. The highest BCUT2D eigenvalue weighted by Gasteiger charge is 2.09. The summed E-state index contributed by atoms with van der Waals surface area (Å²) in [7, 11) is 0. The molecule has 0 aromatic carbocycles. The summed E-state index contributed by atoms with van der Waals surface area (Å²) in [6.45, 7) is 7.00. The minimum atomic E-state index is -0.233. The van der Waals surface area contributed by atoms with Crippen LogP contribution >= 0.6 is 11.8 Å². The summed E-state index contributed by atoms with van der Waals surface area (Å²) in [6, 6.07) is -0.233. The molecule has 0 saturated heterocycles.